The van der Waals surface area contributed by atoms with Gasteiger partial charge in [0, 0.05) is 5.56 Å². The van der Waals surface area contributed by atoms with E-state index in [1.165, 1.54) is 6.07 Å². The minimum atomic E-state index is -4.44. The Morgan fingerprint density at radius 1 is 1.31 bits per heavy atom. The SMILES string of the molecule is NC(=O)c1cc(C(F)(F)F)ccc1C1CC1. The summed E-state index contributed by atoms with van der Waals surface area (Å²) in [6.07, 6.45) is -2.62. The van der Waals surface area contributed by atoms with Gasteiger partial charge in [-0.05, 0) is 36.5 Å². The minimum Gasteiger partial charge on any atom is -0.366 e. The van der Waals surface area contributed by atoms with Gasteiger partial charge in [-0.15, -0.1) is 0 Å². The first-order valence-electron chi connectivity index (χ1n) is 4.90. The highest BCUT2D eigenvalue weighted by Gasteiger charge is 2.34. The molecule has 86 valence electrons. The van der Waals surface area contributed by atoms with Crippen molar-refractivity contribution in [1.29, 1.82) is 0 Å². The van der Waals surface area contributed by atoms with Crippen molar-refractivity contribution < 1.29 is 18.0 Å². The number of benzene rings is 1. The van der Waals surface area contributed by atoms with Crippen molar-refractivity contribution in [1.82, 2.24) is 0 Å². The van der Waals surface area contributed by atoms with Crippen LogP contribution in [0.2, 0.25) is 0 Å². The summed E-state index contributed by atoms with van der Waals surface area (Å²) in [6.45, 7) is 0. The smallest absolute Gasteiger partial charge is 0.366 e. The van der Waals surface area contributed by atoms with Gasteiger partial charge in [0.15, 0.2) is 0 Å². The molecule has 0 bridgehead atoms. The Morgan fingerprint density at radius 3 is 2.38 bits per heavy atom. The molecular weight excluding hydrogens is 219 g/mol. The topological polar surface area (TPSA) is 43.1 Å². The summed E-state index contributed by atoms with van der Waals surface area (Å²) < 4.78 is 37.3. The van der Waals surface area contributed by atoms with Crippen LogP contribution in [0.4, 0.5) is 13.2 Å². The van der Waals surface area contributed by atoms with E-state index in [-0.39, 0.29) is 11.5 Å². The third kappa shape index (κ3) is 2.03. The van der Waals surface area contributed by atoms with Crippen LogP contribution in [0.15, 0.2) is 18.2 Å². The summed E-state index contributed by atoms with van der Waals surface area (Å²) >= 11 is 0. The van der Waals surface area contributed by atoms with E-state index in [0.717, 1.165) is 25.0 Å². The van der Waals surface area contributed by atoms with Crippen LogP contribution in [0.25, 0.3) is 0 Å². The molecule has 1 aromatic carbocycles. The number of alkyl halides is 3. The maximum absolute atomic E-state index is 12.4. The van der Waals surface area contributed by atoms with Gasteiger partial charge in [0.2, 0.25) is 5.91 Å². The normalized spacial score (nSPS) is 16.2. The summed E-state index contributed by atoms with van der Waals surface area (Å²) in [7, 11) is 0. The second-order valence-corrected chi connectivity index (χ2v) is 3.94. The van der Waals surface area contributed by atoms with Gasteiger partial charge in [-0.3, -0.25) is 4.79 Å². The van der Waals surface area contributed by atoms with E-state index in [0.29, 0.717) is 5.56 Å². The summed E-state index contributed by atoms with van der Waals surface area (Å²) in [5.74, 6) is -0.599. The van der Waals surface area contributed by atoms with Crippen LogP contribution in [-0.4, -0.2) is 5.91 Å². The summed E-state index contributed by atoms with van der Waals surface area (Å²) in [6, 6.07) is 3.21. The highest BCUT2D eigenvalue weighted by molar-refractivity contribution is 5.94. The largest absolute Gasteiger partial charge is 0.416 e. The molecule has 0 radical (unpaired) electrons. The van der Waals surface area contributed by atoms with Gasteiger partial charge < -0.3 is 5.73 Å². The Bertz CT molecular complexity index is 435. The fourth-order valence-corrected chi connectivity index (χ4v) is 1.70. The third-order valence-corrected chi connectivity index (χ3v) is 2.66. The summed E-state index contributed by atoms with van der Waals surface area (Å²) in [4.78, 5) is 11.1. The van der Waals surface area contributed by atoms with Crippen LogP contribution in [-0.2, 0) is 6.18 Å². The lowest BCUT2D eigenvalue weighted by Gasteiger charge is -2.11. The van der Waals surface area contributed by atoms with E-state index in [2.05, 4.69) is 0 Å². The molecule has 0 saturated heterocycles. The molecule has 0 atom stereocenters. The molecule has 1 fully saturated rings. The number of carbonyl (C=O) groups excluding carboxylic acids is 1. The molecule has 0 aromatic heterocycles. The number of halogens is 3. The lowest BCUT2D eigenvalue weighted by molar-refractivity contribution is -0.137. The van der Waals surface area contributed by atoms with Gasteiger partial charge in [-0.25, -0.2) is 0 Å². The highest BCUT2D eigenvalue weighted by atomic mass is 19.4. The van der Waals surface area contributed by atoms with E-state index in [1.807, 2.05) is 0 Å². The Labute approximate surface area is 90.2 Å². The molecule has 0 unspecified atom stereocenters. The maximum atomic E-state index is 12.4. The Morgan fingerprint density at radius 2 is 1.94 bits per heavy atom. The zero-order valence-corrected chi connectivity index (χ0v) is 8.34. The lowest BCUT2D eigenvalue weighted by Crippen LogP contribution is -2.16. The van der Waals surface area contributed by atoms with E-state index < -0.39 is 17.6 Å². The number of hydrogen-bond donors (Lipinski definition) is 1. The van der Waals surface area contributed by atoms with E-state index >= 15 is 0 Å². The Balaban J connectivity index is 2.47. The van der Waals surface area contributed by atoms with Gasteiger partial charge in [0.05, 0.1) is 5.56 Å². The lowest BCUT2D eigenvalue weighted by atomic mass is 9.99. The minimum absolute atomic E-state index is 0.00248. The zero-order valence-electron chi connectivity index (χ0n) is 8.34. The molecule has 1 aliphatic rings. The van der Waals surface area contributed by atoms with Crippen molar-refractivity contribution in [3.05, 3.63) is 34.9 Å². The van der Waals surface area contributed by atoms with E-state index in [1.54, 1.807) is 0 Å². The number of hydrogen-bond acceptors (Lipinski definition) is 1. The van der Waals surface area contributed by atoms with E-state index in [4.69, 9.17) is 5.73 Å². The van der Waals surface area contributed by atoms with E-state index in [9.17, 15) is 18.0 Å². The number of amides is 1. The second kappa shape index (κ2) is 3.50. The van der Waals surface area contributed by atoms with Crippen molar-refractivity contribution in [2.45, 2.75) is 24.9 Å². The predicted octanol–water partition coefficient (Wildman–Crippen LogP) is 2.68. The molecule has 1 saturated carbocycles. The van der Waals surface area contributed by atoms with Crippen LogP contribution < -0.4 is 5.73 Å². The van der Waals surface area contributed by atoms with Crippen molar-refractivity contribution in [3.63, 3.8) is 0 Å². The number of primary amides is 1. The Kier molecular flexibility index (Phi) is 2.40. The van der Waals surface area contributed by atoms with Gasteiger partial charge >= 0.3 is 6.18 Å². The van der Waals surface area contributed by atoms with Crippen molar-refractivity contribution in [2.24, 2.45) is 5.73 Å². The van der Waals surface area contributed by atoms with Crippen molar-refractivity contribution >= 4 is 5.91 Å². The van der Waals surface area contributed by atoms with Crippen molar-refractivity contribution in [2.75, 3.05) is 0 Å². The molecule has 0 heterocycles. The number of rotatable bonds is 2. The van der Waals surface area contributed by atoms with Gasteiger partial charge in [0.1, 0.15) is 0 Å². The van der Waals surface area contributed by atoms with Crippen LogP contribution >= 0.6 is 0 Å². The van der Waals surface area contributed by atoms with Gasteiger partial charge in [-0.2, -0.15) is 13.2 Å². The van der Waals surface area contributed by atoms with Gasteiger partial charge in [-0.1, -0.05) is 6.07 Å². The molecule has 1 amide bonds. The van der Waals surface area contributed by atoms with Crippen LogP contribution in [0.3, 0.4) is 0 Å². The Hall–Kier alpha value is -1.52. The molecule has 5 heteroatoms. The average Bonchev–Trinajstić information content (AvgIpc) is 2.98. The molecular formula is C11H10F3NO. The molecule has 16 heavy (non-hydrogen) atoms. The predicted molar refractivity (Wildman–Crippen MR) is 51.9 cm³/mol. The first-order valence-corrected chi connectivity index (χ1v) is 4.90. The average molecular weight is 229 g/mol. The second-order valence-electron chi connectivity index (χ2n) is 3.94. The molecule has 1 aliphatic carbocycles. The molecule has 1 aromatic rings. The fraction of sp³-hybridized carbons (Fsp3) is 0.364. The first kappa shape index (κ1) is 11.0. The maximum Gasteiger partial charge on any atom is 0.416 e. The van der Waals surface area contributed by atoms with Crippen molar-refractivity contribution in [3.8, 4) is 0 Å². The standard InChI is InChI=1S/C11H10F3NO/c12-11(13,14)7-3-4-8(6-1-2-6)9(5-7)10(15)16/h3-6H,1-2H2,(H2,15,16). The highest BCUT2D eigenvalue weighted by Crippen LogP contribution is 2.42. The summed E-state index contributed by atoms with van der Waals surface area (Å²) in [5, 5.41) is 0. The number of nitrogens with two attached hydrogens (primary N) is 1. The molecule has 0 spiro atoms. The third-order valence-electron chi connectivity index (χ3n) is 2.66. The quantitative estimate of drug-likeness (QED) is 0.832. The van der Waals surface area contributed by atoms with Gasteiger partial charge in [0.25, 0.3) is 0 Å². The fourth-order valence-electron chi connectivity index (χ4n) is 1.70. The summed E-state index contributed by atoms with van der Waals surface area (Å²) in [5.41, 5.74) is 4.89. The number of carbonyl (C=O) groups is 1. The molecule has 2 nitrogen and oxygen atoms in total. The molecule has 0 aliphatic heterocycles. The first-order chi connectivity index (χ1) is 7.39. The monoisotopic (exact) mass is 229 g/mol. The van der Waals surface area contributed by atoms with Crippen LogP contribution in [0, 0.1) is 0 Å². The van der Waals surface area contributed by atoms with Crippen LogP contribution in [0.5, 0.6) is 0 Å². The van der Waals surface area contributed by atoms with Crippen LogP contribution in [0.1, 0.15) is 40.2 Å². The molecule has 2 N–H and O–H groups in total. The zero-order chi connectivity index (χ0) is 11.9. The molecule has 2 rings (SSSR count).